The molecule has 2 aliphatic carbocycles. The van der Waals surface area contributed by atoms with Gasteiger partial charge in [0.1, 0.15) is 5.82 Å². The van der Waals surface area contributed by atoms with Crippen LogP contribution < -0.4 is 4.90 Å². The lowest BCUT2D eigenvalue weighted by Crippen LogP contribution is -2.55. The molecule has 1 amide bonds. The topological polar surface area (TPSA) is 46.6 Å². The summed E-state index contributed by atoms with van der Waals surface area (Å²) in [6.45, 7) is 2.09. The average Bonchev–Trinajstić information content (AvgIpc) is 2.94. The maximum Gasteiger partial charge on any atom is 0.305 e. The Morgan fingerprint density at radius 1 is 1.03 bits per heavy atom. The first-order valence-corrected chi connectivity index (χ1v) is 9.82. The molecule has 1 heterocycles. The normalized spacial score (nSPS) is 18.6. The van der Waals surface area contributed by atoms with Crippen LogP contribution in [0, 0.1) is 11.7 Å². The number of rotatable bonds is 6. The fraction of sp³-hybridized carbons (Fsp3) is 0.250. The molecule has 0 saturated carbocycles. The lowest BCUT2D eigenvalue weighted by molar-refractivity contribution is -0.144. The van der Waals surface area contributed by atoms with Crippen molar-refractivity contribution in [3.8, 4) is 11.1 Å². The van der Waals surface area contributed by atoms with Gasteiger partial charge >= 0.3 is 5.97 Å². The van der Waals surface area contributed by atoms with Crippen molar-refractivity contribution in [1.82, 2.24) is 0 Å². The van der Waals surface area contributed by atoms with Gasteiger partial charge in [0, 0.05) is 12.1 Å². The Bertz CT molecular complexity index is 1000. The number of fused-ring (bicyclic) bond motifs is 1. The third-order valence-electron chi connectivity index (χ3n) is 5.43. The van der Waals surface area contributed by atoms with Crippen LogP contribution in [0.3, 0.4) is 0 Å². The number of hydrogen-bond acceptors (Lipinski definition) is 3. The van der Waals surface area contributed by atoms with Crippen LogP contribution in [0.2, 0.25) is 0 Å². The van der Waals surface area contributed by atoms with Gasteiger partial charge in [0.2, 0.25) is 5.91 Å². The van der Waals surface area contributed by atoms with Gasteiger partial charge in [-0.05, 0) is 54.3 Å². The molecule has 1 aliphatic heterocycles. The summed E-state index contributed by atoms with van der Waals surface area (Å²) in [6, 6.07) is 19.8. The van der Waals surface area contributed by atoms with Crippen molar-refractivity contribution < 1.29 is 18.7 Å². The van der Waals surface area contributed by atoms with E-state index in [2.05, 4.69) is 0 Å². The zero-order chi connectivity index (χ0) is 20.4. The standard InChI is InChI=1S/C24H22FNO3/c1-2-29-22(27)15-14-21-23(20-13-8-16-6-4-3-5-7-19(16)20)26(24(21)28)18-11-9-17(25)10-12-18/h3-13,21,23H,2,14-15H2,1H3. The second-order valence-electron chi connectivity index (χ2n) is 7.15. The Labute approximate surface area is 169 Å². The monoisotopic (exact) mass is 391 g/mol. The fourth-order valence-corrected chi connectivity index (χ4v) is 4.08. The largest absolute Gasteiger partial charge is 0.466 e. The number of hydrogen-bond donors (Lipinski definition) is 0. The number of halogens is 1. The van der Waals surface area contributed by atoms with E-state index in [-0.39, 0.29) is 36.1 Å². The van der Waals surface area contributed by atoms with Crippen molar-refractivity contribution in [3.05, 3.63) is 78.1 Å². The Kier molecular flexibility index (Phi) is 5.30. The highest BCUT2D eigenvalue weighted by Gasteiger charge is 2.49. The summed E-state index contributed by atoms with van der Waals surface area (Å²) in [7, 11) is 0. The lowest BCUT2D eigenvalue weighted by Gasteiger charge is -2.47. The minimum atomic E-state index is -0.345. The molecule has 29 heavy (non-hydrogen) atoms. The van der Waals surface area contributed by atoms with Gasteiger partial charge in [0.05, 0.1) is 18.6 Å². The van der Waals surface area contributed by atoms with E-state index < -0.39 is 0 Å². The van der Waals surface area contributed by atoms with Crippen molar-refractivity contribution in [2.45, 2.75) is 25.8 Å². The van der Waals surface area contributed by atoms with Crippen LogP contribution >= 0.6 is 0 Å². The molecule has 1 fully saturated rings. The minimum absolute atomic E-state index is 0.0550. The van der Waals surface area contributed by atoms with Gasteiger partial charge in [-0.3, -0.25) is 9.59 Å². The number of nitrogens with zero attached hydrogens (tertiary/aromatic N) is 1. The molecular formula is C24H22FNO3. The van der Waals surface area contributed by atoms with E-state index in [1.54, 1.807) is 24.0 Å². The van der Waals surface area contributed by atoms with Crippen LogP contribution in [-0.4, -0.2) is 18.5 Å². The molecule has 1 saturated heterocycles. The van der Waals surface area contributed by atoms with Gasteiger partial charge in [-0.25, -0.2) is 4.39 Å². The lowest BCUT2D eigenvalue weighted by atomic mass is 9.78. The molecule has 4 rings (SSSR count). The number of benzene rings is 1. The fourth-order valence-electron chi connectivity index (χ4n) is 4.08. The summed E-state index contributed by atoms with van der Waals surface area (Å²) in [5, 5.41) is 0. The third kappa shape index (κ3) is 3.60. The molecule has 0 radical (unpaired) electrons. The number of carbonyl (C=O) groups is 2. The maximum atomic E-state index is 13.4. The molecule has 3 aliphatic rings. The zero-order valence-electron chi connectivity index (χ0n) is 16.2. The van der Waals surface area contributed by atoms with E-state index in [1.807, 2.05) is 42.5 Å². The molecule has 1 aromatic rings. The number of amides is 1. The second kappa shape index (κ2) is 8.03. The van der Waals surface area contributed by atoms with Gasteiger partial charge in [0.25, 0.3) is 0 Å². The molecule has 0 spiro atoms. The first kappa shape index (κ1) is 19.1. The Morgan fingerprint density at radius 2 is 1.79 bits per heavy atom. The number of esters is 1. The molecule has 5 heteroatoms. The van der Waals surface area contributed by atoms with Crippen molar-refractivity contribution in [2.24, 2.45) is 5.92 Å². The quantitative estimate of drug-likeness (QED) is 0.440. The molecular weight excluding hydrogens is 369 g/mol. The van der Waals surface area contributed by atoms with Gasteiger partial charge in [0.15, 0.2) is 0 Å². The highest BCUT2D eigenvalue weighted by molar-refractivity contribution is 6.04. The van der Waals surface area contributed by atoms with Gasteiger partial charge < -0.3 is 9.64 Å². The summed E-state index contributed by atoms with van der Waals surface area (Å²) in [5.74, 6) is -1.01. The van der Waals surface area contributed by atoms with Crippen molar-refractivity contribution in [3.63, 3.8) is 0 Å². The van der Waals surface area contributed by atoms with E-state index in [1.165, 1.54) is 12.1 Å². The molecule has 1 aromatic carbocycles. The summed E-state index contributed by atoms with van der Waals surface area (Å²) in [4.78, 5) is 26.5. The SMILES string of the molecule is CCOC(=O)CCC1C(=O)N(c2ccc(F)cc2)C1c1ccc2cccccc1-2. The summed E-state index contributed by atoms with van der Waals surface area (Å²) in [6.07, 6.45) is 0.621. The summed E-state index contributed by atoms with van der Waals surface area (Å²) in [5.41, 5.74) is 3.85. The highest BCUT2D eigenvalue weighted by atomic mass is 19.1. The van der Waals surface area contributed by atoms with Gasteiger partial charge in [-0.15, -0.1) is 0 Å². The van der Waals surface area contributed by atoms with E-state index in [9.17, 15) is 14.0 Å². The molecule has 2 unspecified atom stereocenters. The number of ether oxygens (including phenoxy) is 1. The van der Waals surface area contributed by atoms with Crippen molar-refractivity contribution in [1.29, 1.82) is 0 Å². The third-order valence-corrected chi connectivity index (χ3v) is 5.43. The van der Waals surface area contributed by atoms with Crippen LogP contribution in [0.5, 0.6) is 0 Å². The first-order chi connectivity index (χ1) is 14.1. The second-order valence-corrected chi connectivity index (χ2v) is 7.15. The molecule has 148 valence electrons. The molecule has 0 N–H and O–H groups in total. The summed E-state index contributed by atoms with van der Waals surface area (Å²) >= 11 is 0. The Hall–Kier alpha value is -3.21. The smallest absolute Gasteiger partial charge is 0.305 e. The van der Waals surface area contributed by atoms with Crippen LogP contribution in [0.15, 0.2) is 66.7 Å². The predicted octanol–water partition coefficient (Wildman–Crippen LogP) is 4.98. The molecule has 2 atom stereocenters. The first-order valence-electron chi connectivity index (χ1n) is 9.82. The van der Waals surface area contributed by atoms with Crippen LogP contribution in [0.4, 0.5) is 10.1 Å². The van der Waals surface area contributed by atoms with Gasteiger partial charge in [-0.1, -0.05) is 42.5 Å². The maximum absolute atomic E-state index is 13.4. The number of anilines is 1. The van der Waals surface area contributed by atoms with Crippen LogP contribution in [0.1, 0.15) is 31.4 Å². The van der Waals surface area contributed by atoms with Gasteiger partial charge in [-0.2, -0.15) is 0 Å². The van der Waals surface area contributed by atoms with E-state index in [0.29, 0.717) is 18.7 Å². The Morgan fingerprint density at radius 3 is 2.55 bits per heavy atom. The average molecular weight is 391 g/mol. The van der Waals surface area contributed by atoms with Crippen LogP contribution in [0.25, 0.3) is 11.1 Å². The minimum Gasteiger partial charge on any atom is -0.466 e. The molecule has 4 nitrogen and oxygen atoms in total. The molecule has 0 aromatic heterocycles. The zero-order valence-corrected chi connectivity index (χ0v) is 16.2. The van der Waals surface area contributed by atoms with Crippen molar-refractivity contribution >= 4 is 17.6 Å². The van der Waals surface area contributed by atoms with Crippen molar-refractivity contribution in [2.75, 3.05) is 11.5 Å². The van der Waals surface area contributed by atoms with E-state index in [0.717, 1.165) is 16.7 Å². The Balaban J connectivity index is 1.68. The molecule has 0 bridgehead atoms. The van der Waals surface area contributed by atoms with E-state index in [4.69, 9.17) is 4.74 Å². The number of carbonyl (C=O) groups excluding carboxylic acids is 2. The summed E-state index contributed by atoms with van der Waals surface area (Å²) < 4.78 is 18.4. The van der Waals surface area contributed by atoms with Crippen LogP contribution in [-0.2, 0) is 14.3 Å². The van der Waals surface area contributed by atoms with E-state index >= 15 is 0 Å². The predicted molar refractivity (Wildman–Crippen MR) is 109 cm³/mol. The highest BCUT2D eigenvalue weighted by Crippen LogP contribution is 2.49. The number of β-lactam (4-membered cyclic amide) rings is 1.